The van der Waals surface area contributed by atoms with Crippen molar-refractivity contribution in [1.82, 2.24) is 0 Å². The van der Waals surface area contributed by atoms with Crippen molar-refractivity contribution in [2.45, 2.75) is 13.8 Å². The van der Waals surface area contributed by atoms with Crippen molar-refractivity contribution >= 4 is 11.8 Å². The van der Waals surface area contributed by atoms with Gasteiger partial charge < -0.3 is 5.11 Å². The summed E-state index contributed by atoms with van der Waals surface area (Å²) in [5, 5.41) is 8.00. The molecule has 0 aromatic heterocycles. The zero-order chi connectivity index (χ0) is 6.73. The number of aliphatic carboxylic acids is 1. The maximum atomic E-state index is 10.2. The molecule has 0 atom stereocenters. The van der Waals surface area contributed by atoms with Crippen LogP contribution in [-0.4, -0.2) is 16.9 Å². The summed E-state index contributed by atoms with van der Waals surface area (Å²) in [5.74, 6) is -2.47. The monoisotopic (exact) mass is 121 g/mol. The smallest absolute Gasteiger partial charge is 0.372 e. The number of rotatable bonds is 2. The molecule has 0 saturated carbocycles. The molecular weight excluding hydrogens is 113 g/mol. The van der Waals surface area contributed by atoms with E-state index in [2.05, 4.69) is 0 Å². The third kappa shape index (κ3) is 1.73. The second kappa shape index (κ2) is 2.45. The van der Waals surface area contributed by atoms with Crippen LogP contribution in [0.1, 0.15) is 13.8 Å². The first-order valence-corrected chi connectivity index (χ1v) is 2.33. The molecule has 0 aliphatic rings. The van der Waals surface area contributed by atoms with Crippen LogP contribution < -0.4 is 0 Å². The number of Topliss-reactive ketones (excluding diaryl/α,β-unsaturated/α-hetero) is 1. The van der Waals surface area contributed by atoms with E-state index in [4.69, 9.17) is 5.11 Å². The molecule has 0 rings (SSSR count). The van der Waals surface area contributed by atoms with Crippen molar-refractivity contribution in [2.75, 3.05) is 0 Å². The van der Waals surface area contributed by atoms with E-state index in [1.807, 2.05) is 0 Å². The van der Waals surface area contributed by atoms with E-state index in [0.717, 1.165) is 0 Å². The van der Waals surface area contributed by atoms with Crippen molar-refractivity contribution in [3.8, 4) is 0 Å². The summed E-state index contributed by atoms with van der Waals surface area (Å²) in [6.45, 7) is 3.10. The summed E-state index contributed by atoms with van der Waals surface area (Å²) in [5.41, 5.74) is 0. The first kappa shape index (κ1) is 7.14. The summed E-state index contributed by atoms with van der Waals surface area (Å²) < 4.78 is 0. The Morgan fingerprint density at radius 1 is 1.38 bits per heavy atom. The standard InChI is InChI=1S/C5H8O3/c1-3(2)4(6)5(7)8/h3H,1-2H3,(H,7,8)/i1+1,2+1,3+1,4+1,5+1. The molecule has 3 nitrogen and oxygen atoms in total. The molecule has 46 valence electrons. The Morgan fingerprint density at radius 3 is 1.75 bits per heavy atom. The highest BCUT2D eigenvalue weighted by Crippen LogP contribution is 1.92. The van der Waals surface area contributed by atoms with E-state index < -0.39 is 17.7 Å². The maximum Gasteiger partial charge on any atom is 0.372 e. The van der Waals surface area contributed by atoms with Crippen molar-refractivity contribution in [1.29, 1.82) is 0 Å². The fourth-order valence-corrected chi connectivity index (χ4v) is 0.247. The second-order valence-electron chi connectivity index (χ2n) is 1.82. The van der Waals surface area contributed by atoms with Crippen LogP contribution in [0.2, 0.25) is 0 Å². The van der Waals surface area contributed by atoms with Gasteiger partial charge >= 0.3 is 5.97 Å². The quantitative estimate of drug-likeness (QED) is 0.422. The van der Waals surface area contributed by atoms with Crippen LogP contribution in [0, 0.1) is 5.92 Å². The summed E-state index contributed by atoms with van der Waals surface area (Å²) in [7, 11) is 0. The van der Waals surface area contributed by atoms with E-state index in [1.165, 1.54) is 0 Å². The van der Waals surface area contributed by atoms with Gasteiger partial charge in [-0.1, -0.05) is 13.8 Å². The molecule has 8 heavy (non-hydrogen) atoms. The Hall–Kier alpha value is -0.860. The Balaban J connectivity index is 3.84. The molecule has 1 N–H and O–H groups in total. The average Bonchev–Trinajstić information content (AvgIpc) is 1.64. The van der Waals surface area contributed by atoms with Gasteiger partial charge in [-0.25, -0.2) is 4.79 Å². The van der Waals surface area contributed by atoms with Crippen LogP contribution >= 0.6 is 0 Å². The fraction of sp³-hybridized carbons (Fsp3) is 0.600. The van der Waals surface area contributed by atoms with Gasteiger partial charge in [-0.2, -0.15) is 0 Å². The Morgan fingerprint density at radius 2 is 1.75 bits per heavy atom. The molecule has 0 aromatic rings. The van der Waals surface area contributed by atoms with Gasteiger partial charge in [-0.05, 0) is 0 Å². The van der Waals surface area contributed by atoms with Crippen molar-refractivity contribution in [2.24, 2.45) is 5.92 Å². The summed E-state index contributed by atoms with van der Waals surface area (Å²) in [4.78, 5) is 20.0. The third-order valence-corrected chi connectivity index (χ3v) is 0.735. The van der Waals surface area contributed by atoms with Crippen LogP contribution in [0.4, 0.5) is 0 Å². The number of carbonyl (C=O) groups is 2. The van der Waals surface area contributed by atoms with Gasteiger partial charge in [0.25, 0.3) is 0 Å². The minimum absolute atomic E-state index is 0.396. The Kier molecular flexibility index (Phi) is 2.19. The van der Waals surface area contributed by atoms with Crippen LogP contribution in [0.15, 0.2) is 0 Å². The number of carboxylic acids is 1. The Bertz CT molecular complexity index is 115. The third-order valence-electron chi connectivity index (χ3n) is 0.735. The SMILES string of the molecule is [13CH3][13CH]([13CH3])[13C](=O)[13C](=O)O. The molecule has 0 aliphatic carbocycles. The topological polar surface area (TPSA) is 54.4 Å². The van der Waals surface area contributed by atoms with Gasteiger partial charge in [0, 0.05) is 5.92 Å². The summed E-state index contributed by atoms with van der Waals surface area (Å²) >= 11 is 0. The van der Waals surface area contributed by atoms with Crippen molar-refractivity contribution in [3.05, 3.63) is 0 Å². The van der Waals surface area contributed by atoms with Gasteiger partial charge in [0.15, 0.2) is 0 Å². The van der Waals surface area contributed by atoms with Gasteiger partial charge in [-0.15, -0.1) is 0 Å². The Labute approximate surface area is 47.3 Å². The lowest BCUT2D eigenvalue weighted by Gasteiger charge is -1.93. The predicted molar refractivity (Wildman–Crippen MR) is 27.5 cm³/mol. The number of hydrogen-bond donors (Lipinski definition) is 1. The highest BCUT2D eigenvalue weighted by molar-refractivity contribution is 6.33. The summed E-state index contributed by atoms with van der Waals surface area (Å²) in [6.07, 6.45) is 0. The molecule has 0 bridgehead atoms. The average molecular weight is 121 g/mol. The van der Waals surface area contributed by atoms with Crippen LogP contribution in [0.25, 0.3) is 0 Å². The van der Waals surface area contributed by atoms with E-state index in [0.29, 0.717) is 0 Å². The first-order valence-electron chi connectivity index (χ1n) is 2.33. The molecule has 0 amide bonds. The fourth-order valence-electron chi connectivity index (χ4n) is 0.247. The van der Waals surface area contributed by atoms with Crippen LogP contribution in [0.3, 0.4) is 0 Å². The maximum absolute atomic E-state index is 10.2. The largest absolute Gasteiger partial charge is 0.475 e. The predicted octanol–water partition coefficient (Wildman–Crippen LogP) is 0.296. The van der Waals surface area contributed by atoms with E-state index in [9.17, 15) is 9.59 Å². The van der Waals surface area contributed by atoms with Gasteiger partial charge in [0.1, 0.15) is 0 Å². The number of hydrogen-bond acceptors (Lipinski definition) is 2. The van der Waals surface area contributed by atoms with Crippen molar-refractivity contribution in [3.63, 3.8) is 0 Å². The molecule has 0 unspecified atom stereocenters. The molecule has 0 radical (unpaired) electrons. The van der Waals surface area contributed by atoms with E-state index in [-0.39, 0.29) is 0 Å². The molecular formula is C5H8O3. The van der Waals surface area contributed by atoms with Gasteiger partial charge in [0.05, 0.1) is 0 Å². The van der Waals surface area contributed by atoms with Gasteiger partial charge in [0.2, 0.25) is 5.78 Å². The highest BCUT2D eigenvalue weighted by atomic mass is 16.5. The molecule has 0 saturated heterocycles. The summed E-state index contributed by atoms with van der Waals surface area (Å²) in [6, 6.07) is 0. The minimum atomic E-state index is -1.35. The lowest BCUT2D eigenvalue weighted by molar-refractivity contribution is -0.150. The lowest BCUT2D eigenvalue weighted by atomic mass is 11.1. The molecule has 0 aliphatic heterocycles. The zero-order valence-corrected chi connectivity index (χ0v) is 4.84. The number of ketones is 1. The normalized spacial score (nSPS) is 9.38. The molecule has 3 heteroatoms. The van der Waals surface area contributed by atoms with E-state index >= 15 is 0 Å². The zero-order valence-electron chi connectivity index (χ0n) is 4.84. The molecule has 0 spiro atoms. The van der Waals surface area contributed by atoms with Crippen LogP contribution in [-0.2, 0) is 9.59 Å². The number of carboxylic acid groups (broad SMARTS) is 1. The van der Waals surface area contributed by atoms with Crippen LogP contribution in [0.5, 0.6) is 0 Å². The van der Waals surface area contributed by atoms with E-state index in [1.54, 1.807) is 13.8 Å². The van der Waals surface area contributed by atoms with Crippen molar-refractivity contribution < 1.29 is 14.7 Å². The minimum Gasteiger partial charge on any atom is -0.475 e. The lowest BCUT2D eigenvalue weighted by Crippen LogP contribution is -2.18. The number of carbonyl (C=O) groups excluding carboxylic acids is 1. The molecule has 0 fully saturated rings. The highest BCUT2D eigenvalue weighted by Gasteiger charge is 2.14. The second-order valence-corrected chi connectivity index (χ2v) is 1.82. The first-order chi connectivity index (χ1) is 3.55. The molecule has 0 aromatic carbocycles. The van der Waals surface area contributed by atoms with Gasteiger partial charge in [-0.3, -0.25) is 4.79 Å². The molecule has 0 heterocycles.